The second kappa shape index (κ2) is 8.90. The zero-order valence-corrected chi connectivity index (χ0v) is 20.3. The lowest BCUT2D eigenvalue weighted by molar-refractivity contribution is 0.686. The SMILES string of the molecule is Cc1cc(-n2ncc(C#N)c2Nc2ccc(-c3ccc4c(c3)CCCC4)nn2)nc2c(C)cccc12. The van der Waals surface area contributed by atoms with Gasteiger partial charge in [-0.25, -0.2) is 4.98 Å². The third-order valence-corrected chi connectivity index (χ3v) is 6.90. The summed E-state index contributed by atoms with van der Waals surface area (Å²) < 4.78 is 1.65. The number of aryl methyl sites for hydroxylation is 4. The van der Waals surface area contributed by atoms with E-state index in [1.807, 2.05) is 37.3 Å². The normalized spacial score (nSPS) is 12.8. The molecule has 176 valence electrons. The van der Waals surface area contributed by atoms with Crippen LogP contribution in [0.4, 0.5) is 11.6 Å². The van der Waals surface area contributed by atoms with Crippen LogP contribution in [0, 0.1) is 25.2 Å². The van der Waals surface area contributed by atoms with E-state index in [4.69, 9.17) is 4.98 Å². The zero-order valence-electron chi connectivity index (χ0n) is 20.3. The molecule has 7 heteroatoms. The second-order valence-corrected chi connectivity index (χ2v) is 9.32. The minimum atomic E-state index is 0.403. The molecule has 1 N–H and O–H groups in total. The molecule has 36 heavy (non-hydrogen) atoms. The van der Waals surface area contributed by atoms with Crippen molar-refractivity contribution in [3.63, 3.8) is 0 Å². The van der Waals surface area contributed by atoms with Crippen molar-refractivity contribution in [3.05, 3.63) is 88.6 Å². The Bertz CT molecular complexity index is 1640. The van der Waals surface area contributed by atoms with Gasteiger partial charge in [-0.1, -0.05) is 30.3 Å². The van der Waals surface area contributed by atoms with E-state index in [2.05, 4.69) is 57.9 Å². The third kappa shape index (κ3) is 3.87. The quantitative estimate of drug-likeness (QED) is 0.346. The Morgan fingerprint density at radius 3 is 2.58 bits per heavy atom. The fourth-order valence-electron chi connectivity index (χ4n) is 4.94. The number of pyridine rings is 1. The Labute approximate surface area is 209 Å². The summed E-state index contributed by atoms with van der Waals surface area (Å²) in [6, 6.07) is 20.8. The number of hydrogen-bond acceptors (Lipinski definition) is 6. The van der Waals surface area contributed by atoms with Crippen molar-refractivity contribution in [1.82, 2.24) is 25.0 Å². The molecule has 0 saturated heterocycles. The fraction of sp³-hybridized carbons (Fsp3) is 0.207. The Morgan fingerprint density at radius 1 is 0.917 bits per heavy atom. The van der Waals surface area contributed by atoms with Crippen molar-refractivity contribution >= 4 is 22.5 Å². The van der Waals surface area contributed by atoms with E-state index < -0.39 is 0 Å². The molecule has 6 rings (SSSR count). The van der Waals surface area contributed by atoms with Gasteiger partial charge in [0.1, 0.15) is 11.6 Å². The van der Waals surface area contributed by atoms with Crippen LogP contribution in [0.3, 0.4) is 0 Å². The first-order chi connectivity index (χ1) is 17.6. The molecule has 0 atom stereocenters. The molecule has 0 amide bonds. The standard InChI is InChI=1S/C29H25N7/c1-18-6-5-9-24-19(2)14-27(33-28(18)24)36-29(23(16-30)17-31-36)32-26-13-12-25(34-35-26)22-11-10-20-7-3-4-8-21(20)15-22/h5-6,9-15,17H,3-4,7-8H2,1-2H3,(H,32,35). The molecule has 5 aromatic rings. The first-order valence-electron chi connectivity index (χ1n) is 12.2. The molecule has 0 unspecified atom stereocenters. The van der Waals surface area contributed by atoms with Crippen LogP contribution in [0.2, 0.25) is 0 Å². The van der Waals surface area contributed by atoms with Crippen LogP contribution in [-0.2, 0) is 12.8 Å². The number of nitrogens with zero attached hydrogens (tertiary/aromatic N) is 6. The van der Waals surface area contributed by atoms with E-state index >= 15 is 0 Å². The Kier molecular flexibility index (Phi) is 5.42. The molecule has 0 bridgehead atoms. The van der Waals surface area contributed by atoms with E-state index in [-0.39, 0.29) is 0 Å². The molecule has 0 fully saturated rings. The number of rotatable bonds is 4. The Balaban J connectivity index is 1.33. The summed E-state index contributed by atoms with van der Waals surface area (Å²) in [5, 5.41) is 27.4. The summed E-state index contributed by atoms with van der Waals surface area (Å²) in [7, 11) is 0. The number of benzene rings is 2. The van der Waals surface area contributed by atoms with Gasteiger partial charge in [0.2, 0.25) is 0 Å². The summed E-state index contributed by atoms with van der Waals surface area (Å²) in [5.41, 5.74) is 8.26. The Hall–Kier alpha value is -4.57. The number of nitrogens with one attached hydrogen (secondary N) is 1. The summed E-state index contributed by atoms with van der Waals surface area (Å²) in [6.45, 7) is 4.10. The molecule has 7 nitrogen and oxygen atoms in total. The zero-order chi connectivity index (χ0) is 24.6. The van der Waals surface area contributed by atoms with Crippen molar-refractivity contribution in [1.29, 1.82) is 5.26 Å². The minimum absolute atomic E-state index is 0.403. The van der Waals surface area contributed by atoms with Gasteiger partial charge in [0.05, 0.1) is 17.4 Å². The predicted molar refractivity (Wildman–Crippen MR) is 140 cm³/mol. The first kappa shape index (κ1) is 21.9. The lowest BCUT2D eigenvalue weighted by Crippen LogP contribution is -2.07. The maximum absolute atomic E-state index is 9.72. The van der Waals surface area contributed by atoms with Gasteiger partial charge in [0.25, 0.3) is 0 Å². The van der Waals surface area contributed by atoms with Gasteiger partial charge in [-0.15, -0.1) is 10.2 Å². The number of hydrogen-bond donors (Lipinski definition) is 1. The van der Waals surface area contributed by atoms with Crippen molar-refractivity contribution in [3.8, 4) is 23.1 Å². The lowest BCUT2D eigenvalue weighted by atomic mass is 9.90. The second-order valence-electron chi connectivity index (χ2n) is 9.32. The van der Waals surface area contributed by atoms with Gasteiger partial charge in [-0.05, 0) is 86.1 Å². The molecule has 0 aliphatic heterocycles. The van der Waals surface area contributed by atoms with E-state index in [0.29, 0.717) is 23.0 Å². The minimum Gasteiger partial charge on any atom is -0.322 e. The molecular weight excluding hydrogens is 446 g/mol. The highest BCUT2D eigenvalue weighted by Gasteiger charge is 2.17. The fourth-order valence-corrected chi connectivity index (χ4v) is 4.94. The molecule has 3 aromatic heterocycles. The van der Waals surface area contributed by atoms with Crippen LogP contribution >= 0.6 is 0 Å². The van der Waals surface area contributed by atoms with Crippen LogP contribution in [0.1, 0.15) is 40.7 Å². The highest BCUT2D eigenvalue weighted by atomic mass is 15.4. The van der Waals surface area contributed by atoms with Crippen LogP contribution < -0.4 is 5.32 Å². The number of anilines is 2. The molecule has 2 aromatic carbocycles. The van der Waals surface area contributed by atoms with Crippen LogP contribution in [0.15, 0.2) is 60.8 Å². The van der Waals surface area contributed by atoms with Gasteiger partial charge in [-0.3, -0.25) is 0 Å². The topological polar surface area (TPSA) is 92.3 Å². The molecule has 0 saturated carbocycles. The highest BCUT2D eigenvalue weighted by molar-refractivity contribution is 5.85. The summed E-state index contributed by atoms with van der Waals surface area (Å²) >= 11 is 0. The molecule has 0 spiro atoms. The molecule has 0 radical (unpaired) electrons. The monoisotopic (exact) mass is 471 g/mol. The van der Waals surface area contributed by atoms with Crippen molar-refractivity contribution in [2.24, 2.45) is 0 Å². The van der Waals surface area contributed by atoms with Crippen molar-refractivity contribution < 1.29 is 0 Å². The highest BCUT2D eigenvalue weighted by Crippen LogP contribution is 2.29. The van der Waals surface area contributed by atoms with E-state index in [1.165, 1.54) is 30.2 Å². The smallest absolute Gasteiger partial charge is 0.156 e. The lowest BCUT2D eigenvalue weighted by Gasteiger charge is -2.16. The van der Waals surface area contributed by atoms with Crippen LogP contribution in [0.25, 0.3) is 28.0 Å². The maximum Gasteiger partial charge on any atom is 0.156 e. The van der Waals surface area contributed by atoms with Gasteiger partial charge in [-0.2, -0.15) is 15.0 Å². The Morgan fingerprint density at radius 2 is 1.78 bits per heavy atom. The van der Waals surface area contributed by atoms with Crippen molar-refractivity contribution in [2.45, 2.75) is 39.5 Å². The van der Waals surface area contributed by atoms with Gasteiger partial charge in [0, 0.05) is 10.9 Å². The number of para-hydroxylation sites is 1. The summed E-state index contributed by atoms with van der Waals surface area (Å²) in [4.78, 5) is 4.86. The van der Waals surface area contributed by atoms with Gasteiger partial charge >= 0.3 is 0 Å². The number of nitriles is 1. The first-order valence-corrected chi connectivity index (χ1v) is 12.2. The average molecular weight is 472 g/mol. The molecule has 3 heterocycles. The van der Waals surface area contributed by atoms with E-state index in [9.17, 15) is 5.26 Å². The van der Waals surface area contributed by atoms with Crippen LogP contribution in [0.5, 0.6) is 0 Å². The molecule has 1 aliphatic rings. The molecular formula is C29H25N7. The molecule has 1 aliphatic carbocycles. The maximum atomic E-state index is 9.72. The summed E-state index contributed by atoms with van der Waals surface area (Å²) in [6.07, 6.45) is 6.33. The summed E-state index contributed by atoms with van der Waals surface area (Å²) in [5.74, 6) is 1.67. The van der Waals surface area contributed by atoms with E-state index in [0.717, 1.165) is 46.1 Å². The van der Waals surface area contributed by atoms with Crippen LogP contribution in [-0.4, -0.2) is 25.0 Å². The van der Waals surface area contributed by atoms with Gasteiger partial charge in [0.15, 0.2) is 17.5 Å². The number of fused-ring (bicyclic) bond motifs is 2. The predicted octanol–water partition coefficient (Wildman–Crippen LogP) is 5.99. The largest absolute Gasteiger partial charge is 0.322 e. The van der Waals surface area contributed by atoms with Gasteiger partial charge < -0.3 is 5.32 Å². The van der Waals surface area contributed by atoms with E-state index in [1.54, 1.807) is 4.68 Å². The van der Waals surface area contributed by atoms with Crippen molar-refractivity contribution in [2.75, 3.05) is 5.32 Å². The number of aromatic nitrogens is 5. The average Bonchev–Trinajstić information content (AvgIpc) is 3.32. The third-order valence-electron chi connectivity index (χ3n) is 6.90.